The average molecular weight is 279 g/mol. The van der Waals surface area contributed by atoms with Crippen molar-refractivity contribution in [1.82, 2.24) is 10.3 Å². The monoisotopic (exact) mass is 279 g/mol. The van der Waals surface area contributed by atoms with Crippen LogP contribution in [-0.2, 0) is 15.4 Å². The Morgan fingerprint density at radius 2 is 2.11 bits per heavy atom. The van der Waals surface area contributed by atoms with Crippen LogP contribution in [0.15, 0.2) is 0 Å². The molecule has 0 aromatic carbocycles. The number of nitrogens with zero attached hydrogens (tertiary/aromatic N) is 1. The van der Waals surface area contributed by atoms with Gasteiger partial charge < -0.3 is 4.74 Å². The summed E-state index contributed by atoms with van der Waals surface area (Å²) in [4.78, 5) is 11.9. The molecule has 0 aromatic heterocycles. The zero-order chi connectivity index (χ0) is 14.0. The molecule has 0 saturated carbocycles. The zero-order valence-electron chi connectivity index (χ0n) is 10.9. The van der Waals surface area contributed by atoms with Gasteiger partial charge in [-0.25, -0.2) is 24.1 Å². The molecule has 0 radical (unpaired) electrons. The molecule has 18 heavy (non-hydrogen) atoms. The van der Waals surface area contributed by atoms with E-state index in [2.05, 4.69) is 5.32 Å². The summed E-state index contributed by atoms with van der Waals surface area (Å²) in [6.45, 7) is 5.80. The van der Waals surface area contributed by atoms with E-state index in [1.54, 1.807) is 20.8 Å². The van der Waals surface area contributed by atoms with Gasteiger partial charge in [0.1, 0.15) is 22.0 Å². The van der Waals surface area contributed by atoms with Crippen LogP contribution < -0.4 is 11.2 Å². The SMILES string of the molecule is CC(C)(C)OC(=O)N(N)[C@@]1(C[SH](=O)=O)CCCN1. The van der Waals surface area contributed by atoms with E-state index < -0.39 is 28.1 Å². The van der Waals surface area contributed by atoms with Gasteiger partial charge in [-0.2, -0.15) is 0 Å². The molecule has 1 saturated heterocycles. The number of hydrogen-bond donors (Lipinski definition) is 3. The molecule has 1 amide bonds. The van der Waals surface area contributed by atoms with Gasteiger partial charge in [0.05, 0.1) is 5.75 Å². The van der Waals surface area contributed by atoms with Crippen LogP contribution in [0.25, 0.3) is 0 Å². The molecule has 0 aromatic rings. The molecular weight excluding hydrogens is 258 g/mol. The van der Waals surface area contributed by atoms with Crippen LogP contribution in [0.5, 0.6) is 0 Å². The fourth-order valence-electron chi connectivity index (χ4n) is 1.91. The van der Waals surface area contributed by atoms with E-state index in [9.17, 15) is 13.2 Å². The highest BCUT2D eigenvalue weighted by molar-refractivity contribution is 7.72. The predicted octanol–water partition coefficient (Wildman–Crippen LogP) is -0.212. The van der Waals surface area contributed by atoms with E-state index in [1.807, 2.05) is 0 Å². The number of hydrazine groups is 1. The lowest BCUT2D eigenvalue weighted by atomic mass is 10.1. The molecule has 1 aliphatic heterocycles. The van der Waals surface area contributed by atoms with Crippen LogP contribution in [0.2, 0.25) is 0 Å². The Kier molecular flexibility index (Phi) is 4.57. The van der Waals surface area contributed by atoms with Crippen LogP contribution in [-0.4, -0.2) is 43.1 Å². The second-order valence-electron chi connectivity index (χ2n) is 5.40. The number of nitrogens with two attached hydrogens (primary N) is 1. The molecule has 1 aliphatic rings. The lowest BCUT2D eigenvalue weighted by molar-refractivity contribution is -0.00332. The van der Waals surface area contributed by atoms with Crippen LogP contribution >= 0.6 is 0 Å². The summed E-state index contributed by atoms with van der Waals surface area (Å²) >= 11 is 0. The largest absolute Gasteiger partial charge is 0.443 e. The highest BCUT2D eigenvalue weighted by Gasteiger charge is 2.43. The fourth-order valence-corrected chi connectivity index (χ4v) is 2.76. The Morgan fingerprint density at radius 3 is 2.50 bits per heavy atom. The van der Waals surface area contributed by atoms with Crippen molar-refractivity contribution in [1.29, 1.82) is 0 Å². The lowest BCUT2D eigenvalue weighted by Crippen LogP contribution is -2.64. The number of ether oxygens (including phenoxy) is 1. The topological polar surface area (TPSA) is 102 Å². The maximum atomic E-state index is 11.9. The second kappa shape index (κ2) is 5.41. The minimum atomic E-state index is -2.64. The number of amides is 1. The maximum absolute atomic E-state index is 11.9. The molecule has 7 nitrogen and oxygen atoms in total. The number of hydrogen-bond acceptors (Lipinski definition) is 6. The summed E-state index contributed by atoms with van der Waals surface area (Å²) < 4.78 is 27.0. The highest BCUT2D eigenvalue weighted by Crippen LogP contribution is 2.23. The zero-order valence-corrected chi connectivity index (χ0v) is 11.8. The third-order valence-electron chi connectivity index (χ3n) is 2.66. The fraction of sp³-hybridized carbons (Fsp3) is 0.900. The quantitative estimate of drug-likeness (QED) is 0.286. The van der Waals surface area contributed by atoms with Gasteiger partial charge in [-0.1, -0.05) is 0 Å². The summed E-state index contributed by atoms with van der Waals surface area (Å²) in [7, 11) is -2.64. The Hall–Kier alpha value is -0.860. The van der Waals surface area contributed by atoms with Crippen molar-refractivity contribution in [3.8, 4) is 0 Å². The smallest absolute Gasteiger partial charge is 0.426 e. The first-order valence-electron chi connectivity index (χ1n) is 5.81. The molecule has 0 bridgehead atoms. The molecule has 0 aliphatic carbocycles. The molecule has 1 atom stereocenters. The van der Waals surface area contributed by atoms with Gasteiger partial charge in [0.15, 0.2) is 0 Å². The molecular formula is C10H21N3O4S. The number of nitrogens with one attached hydrogen (secondary N) is 1. The lowest BCUT2D eigenvalue weighted by Gasteiger charge is -2.37. The Balaban J connectivity index is 2.83. The van der Waals surface area contributed by atoms with Crippen molar-refractivity contribution in [2.24, 2.45) is 5.84 Å². The van der Waals surface area contributed by atoms with Gasteiger partial charge in [0.2, 0.25) is 0 Å². The van der Waals surface area contributed by atoms with E-state index in [0.29, 0.717) is 13.0 Å². The molecule has 0 unspecified atom stereocenters. The van der Waals surface area contributed by atoms with E-state index in [4.69, 9.17) is 10.6 Å². The van der Waals surface area contributed by atoms with Crippen molar-refractivity contribution in [2.45, 2.75) is 44.9 Å². The summed E-state index contributed by atoms with van der Waals surface area (Å²) in [6, 6.07) is 0. The molecule has 1 fully saturated rings. The Morgan fingerprint density at radius 1 is 1.50 bits per heavy atom. The molecule has 106 valence electrons. The standard InChI is InChI=1S/C10H21N3O4S/c1-9(2,3)17-8(14)13(11)10(7-18(15)16)5-4-6-12-10/h12,18H,4-7,11H2,1-3H3/t10-/m1/s1. The van der Waals surface area contributed by atoms with E-state index in [-0.39, 0.29) is 5.75 Å². The number of rotatable bonds is 3. The number of carbonyl (C=O) groups is 1. The van der Waals surface area contributed by atoms with Crippen LogP contribution in [0.3, 0.4) is 0 Å². The molecule has 1 heterocycles. The van der Waals surface area contributed by atoms with Crippen molar-refractivity contribution in [2.75, 3.05) is 12.3 Å². The average Bonchev–Trinajstić information content (AvgIpc) is 2.62. The van der Waals surface area contributed by atoms with E-state index >= 15 is 0 Å². The van der Waals surface area contributed by atoms with Crippen molar-refractivity contribution >= 4 is 16.8 Å². The Bertz CT molecular complexity index is 375. The normalized spacial score (nSPS) is 24.3. The molecule has 0 spiro atoms. The Labute approximate surface area is 109 Å². The highest BCUT2D eigenvalue weighted by atomic mass is 32.2. The third-order valence-corrected chi connectivity index (χ3v) is 3.44. The van der Waals surface area contributed by atoms with Crippen LogP contribution in [0.4, 0.5) is 4.79 Å². The first-order chi connectivity index (χ1) is 8.16. The van der Waals surface area contributed by atoms with Crippen molar-refractivity contribution in [3.63, 3.8) is 0 Å². The van der Waals surface area contributed by atoms with Crippen molar-refractivity contribution in [3.05, 3.63) is 0 Å². The summed E-state index contributed by atoms with van der Waals surface area (Å²) in [5.41, 5.74) is -1.72. The second-order valence-corrected chi connectivity index (χ2v) is 6.38. The molecule has 8 heteroatoms. The predicted molar refractivity (Wildman–Crippen MR) is 67.4 cm³/mol. The van der Waals surface area contributed by atoms with Crippen molar-refractivity contribution < 1.29 is 17.9 Å². The maximum Gasteiger partial charge on any atom is 0.426 e. The molecule has 1 rings (SSSR count). The first-order valence-corrected chi connectivity index (χ1v) is 7.17. The van der Waals surface area contributed by atoms with E-state index in [0.717, 1.165) is 11.4 Å². The summed E-state index contributed by atoms with van der Waals surface area (Å²) in [5, 5.41) is 3.86. The number of thiol groups is 1. The van der Waals surface area contributed by atoms with Gasteiger partial charge in [0.25, 0.3) is 0 Å². The van der Waals surface area contributed by atoms with Gasteiger partial charge in [-0.3, -0.25) is 5.32 Å². The van der Waals surface area contributed by atoms with Gasteiger partial charge >= 0.3 is 6.09 Å². The first kappa shape index (κ1) is 15.2. The number of carbonyl (C=O) groups excluding carboxylic acids is 1. The van der Waals surface area contributed by atoms with E-state index in [1.165, 1.54) is 0 Å². The summed E-state index contributed by atoms with van der Waals surface area (Å²) in [6.07, 6.45) is 0.528. The van der Waals surface area contributed by atoms with Gasteiger partial charge in [0, 0.05) is 0 Å². The minimum Gasteiger partial charge on any atom is -0.443 e. The van der Waals surface area contributed by atoms with Crippen LogP contribution in [0.1, 0.15) is 33.6 Å². The molecule has 3 N–H and O–H groups in total. The summed E-state index contributed by atoms with van der Waals surface area (Å²) in [5.74, 6) is 5.53. The third kappa shape index (κ3) is 3.82. The van der Waals surface area contributed by atoms with Crippen LogP contribution in [0, 0.1) is 0 Å². The van der Waals surface area contributed by atoms with Gasteiger partial charge in [-0.05, 0) is 40.2 Å². The minimum absolute atomic E-state index is 0.210. The van der Waals surface area contributed by atoms with Gasteiger partial charge in [-0.15, -0.1) is 0 Å².